The average molecular weight is 483 g/mol. The molecule has 5 nitrogen and oxygen atoms in total. The van der Waals surface area contributed by atoms with Crippen molar-refractivity contribution in [2.45, 2.75) is 71.8 Å². The summed E-state index contributed by atoms with van der Waals surface area (Å²) in [5, 5.41) is 3.03. The second kappa shape index (κ2) is 12.3. The maximum atomic E-state index is 13.1. The predicted octanol–water partition coefficient (Wildman–Crippen LogP) is 6.07. The van der Waals surface area contributed by atoms with Gasteiger partial charge in [-0.3, -0.25) is 9.79 Å². The molecule has 6 heteroatoms. The van der Waals surface area contributed by atoms with Crippen LogP contribution < -0.4 is 5.32 Å². The fraction of sp³-hybridized carbons (Fsp3) is 0.500. The lowest BCUT2D eigenvalue weighted by molar-refractivity contribution is -0.121. The number of carbonyl (C=O) groups is 1. The standard InChI is InChI=1S/C28H38N2O3S/c1-4-23(12-10-16-28(31)30-22(3)24-13-6-5-7-14-24)20-34(32,33)25-17-18-27(29-19-25)26-15-9-8-11-21(26)2/h5-9,13-15,19,21-23H,4,10-12,16-18,20H2,1-3H3,(H,30,31). The molecule has 34 heavy (non-hydrogen) atoms. The van der Waals surface area contributed by atoms with Gasteiger partial charge in [-0.1, -0.05) is 68.8 Å². The Labute approximate surface area is 205 Å². The van der Waals surface area contributed by atoms with Crippen molar-refractivity contribution >= 4 is 21.5 Å². The number of rotatable bonds is 11. The molecule has 1 N–H and O–H groups in total. The number of aliphatic imine (C=N–C) groups is 1. The smallest absolute Gasteiger partial charge is 0.220 e. The van der Waals surface area contributed by atoms with E-state index in [9.17, 15) is 13.2 Å². The quantitative estimate of drug-likeness (QED) is 0.416. The van der Waals surface area contributed by atoms with Crippen molar-refractivity contribution in [3.63, 3.8) is 0 Å². The van der Waals surface area contributed by atoms with E-state index in [2.05, 4.69) is 35.5 Å². The summed E-state index contributed by atoms with van der Waals surface area (Å²) in [6, 6.07) is 9.84. The van der Waals surface area contributed by atoms with Gasteiger partial charge in [-0.05, 0) is 62.0 Å². The van der Waals surface area contributed by atoms with E-state index in [1.165, 1.54) is 5.57 Å². The van der Waals surface area contributed by atoms with Gasteiger partial charge in [-0.15, -0.1) is 0 Å². The van der Waals surface area contributed by atoms with Gasteiger partial charge in [-0.25, -0.2) is 8.42 Å². The van der Waals surface area contributed by atoms with Gasteiger partial charge in [0.05, 0.1) is 16.7 Å². The summed E-state index contributed by atoms with van der Waals surface area (Å²) in [4.78, 5) is 17.3. The molecule has 3 rings (SSSR count). The van der Waals surface area contributed by atoms with Crippen molar-refractivity contribution in [1.29, 1.82) is 0 Å². The molecule has 3 atom stereocenters. The van der Waals surface area contributed by atoms with Gasteiger partial charge in [0.25, 0.3) is 0 Å². The van der Waals surface area contributed by atoms with Crippen LogP contribution in [0.1, 0.15) is 77.3 Å². The molecule has 0 aromatic heterocycles. The molecule has 0 bridgehead atoms. The van der Waals surface area contributed by atoms with Crippen LogP contribution in [-0.4, -0.2) is 25.8 Å². The van der Waals surface area contributed by atoms with E-state index in [-0.39, 0.29) is 23.6 Å². The molecule has 1 aromatic carbocycles. The third kappa shape index (κ3) is 7.26. The largest absolute Gasteiger partial charge is 0.350 e. The van der Waals surface area contributed by atoms with E-state index >= 15 is 0 Å². The Morgan fingerprint density at radius 3 is 2.62 bits per heavy atom. The van der Waals surface area contributed by atoms with Crippen molar-refractivity contribution in [3.8, 4) is 0 Å². The average Bonchev–Trinajstić information content (AvgIpc) is 2.84. The minimum atomic E-state index is -3.35. The van der Waals surface area contributed by atoms with E-state index in [0.29, 0.717) is 36.5 Å². The molecule has 1 aromatic rings. The lowest BCUT2D eigenvalue weighted by atomic mass is 9.88. The Hall–Kier alpha value is -2.47. The summed E-state index contributed by atoms with van der Waals surface area (Å²) in [6.07, 6.45) is 12.7. The number of hydrogen-bond donors (Lipinski definition) is 1. The first-order valence-electron chi connectivity index (χ1n) is 12.5. The summed E-state index contributed by atoms with van der Waals surface area (Å²) in [5.41, 5.74) is 3.31. The maximum absolute atomic E-state index is 13.1. The lowest BCUT2D eigenvalue weighted by Crippen LogP contribution is -2.26. The van der Waals surface area contributed by atoms with Gasteiger partial charge in [0.2, 0.25) is 5.91 Å². The number of hydrogen-bond acceptors (Lipinski definition) is 4. The van der Waals surface area contributed by atoms with Crippen molar-refractivity contribution in [2.24, 2.45) is 16.8 Å². The van der Waals surface area contributed by atoms with Gasteiger partial charge in [-0.2, -0.15) is 0 Å². The Bertz CT molecular complexity index is 1070. The molecule has 0 radical (unpaired) electrons. The van der Waals surface area contributed by atoms with Crippen LogP contribution in [0.3, 0.4) is 0 Å². The number of allylic oxidation sites excluding steroid dienone is 5. The SMILES string of the molecule is CCC(CCCC(=O)NC(C)c1ccccc1)CS(=O)(=O)C1=CN=C(C2=CC=CCC2C)CC1. The molecule has 0 saturated carbocycles. The Kier molecular flexibility index (Phi) is 9.45. The fourth-order valence-corrected chi connectivity index (χ4v) is 6.48. The zero-order valence-electron chi connectivity index (χ0n) is 20.7. The highest BCUT2D eigenvalue weighted by Gasteiger charge is 2.26. The highest BCUT2D eigenvalue weighted by Crippen LogP contribution is 2.29. The minimum absolute atomic E-state index is 0.00649. The molecule has 1 amide bonds. The topological polar surface area (TPSA) is 75.6 Å². The van der Waals surface area contributed by atoms with Gasteiger partial charge >= 0.3 is 0 Å². The summed E-state index contributed by atoms with van der Waals surface area (Å²) >= 11 is 0. The first-order chi connectivity index (χ1) is 16.3. The number of sulfone groups is 1. The monoisotopic (exact) mass is 482 g/mol. The van der Waals surface area contributed by atoms with E-state index in [4.69, 9.17) is 0 Å². The van der Waals surface area contributed by atoms with Crippen LogP contribution in [-0.2, 0) is 14.6 Å². The van der Waals surface area contributed by atoms with Crippen LogP contribution in [0.4, 0.5) is 0 Å². The normalized spacial score (nSPS) is 20.1. The predicted molar refractivity (Wildman–Crippen MR) is 140 cm³/mol. The molecule has 184 valence electrons. The summed E-state index contributed by atoms with van der Waals surface area (Å²) < 4.78 is 26.1. The molecule has 1 heterocycles. The number of amides is 1. The van der Waals surface area contributed by atoms with Gasteiger partial charge in [0, 0.05) is 18.3 Å². The summed E-state index contributed by atoms with van der Waals surface area (Å²) in [6.45, 7) is 6.18. The van der Waals surface area contributed by atoms with Crippen molar-refractivity contribution in [3.05, 3.63) is 70.8 Å². The van der Waals surface area contributed by atoms with Crippen LogP contribution >= 0.6 is 0 Å². The van der Waals surface area contributed by atoms with Crippen molar-refractivity contribution < 1.29 is 13.2 Å². The maximum Gasteiger partial charge on any atom is 0.220 e. The molecule has 3 unspecified atom stereocenters. The molecule has 1 aliphatic carbocycles. The van der Waals surface area contributed by atoms with Crippen molar-refractivity contribution in [1.82, 2.24) is 5.32 Å². The van der Waals surface area contributed by atoms with Crippen molar-refractivity contribution in [2.75, 3.05) is 5.75 Å². The summed E-state index contributed by atoms with van der Waals surface area (Å²) in [5.74, 6) is 0.603. The van der Waals surface area contributed by atoms with Crippen LogP contribution in [0.15, 0.2) is 70.2 Å². The molecule has 1 aliphatic heterocycles. The Balaban J connectivity index is 1.50. The zero-order valence-corrected chi connectivity index (χ0v) is 21.5. The first kappa shape index (κ1) is 26.1. The van der Waals surface area contributed by atoms with Gasteiger partial charge in [0.1, 0.15) is 0 Å². The van der Waals surface area contributed by atoms with Gasteiger partial charge in [0.15, 0.2) is 9.84 Å². The highest BCUT2D eigenvalue weighted by atomic mass is 32.2. The van der Waals surface area contributed by atoms with Crippen LogP contribution in [0.2, 0.25) is 0 Å². The Morgan fingerprint density at radius 1 is 1.21 bits per heavy atom. The number of nitrogens with one attached hydrogen (secondary N) is 1. The molecule has 0 spiro atoms. The fourth-order valence-electron chi connectivity index (χ4n) is 4.61. The van der Waals surface area contributed by atoms with E-state index in [1.54, 1.807) is 6.20 Å². The number of benzene rings is 1. The second-order valence-electron chi connectivity index (χ2n) is 9.51. The molecule has 0 saturated heterocycles. The third-order valence-corrected chi connectivity index (χ3v) is 8.88. The number of carbonyl (C=O) groups excluding carboxylic acids is 1. The van der Waals surface area contributed by atoms with E-state index in [1.807, 2.05) is 44.2 Å². The van der Waals surface area contributed by atoms with E-state index in [0.717, 1.165) is 30.5 Å². The van der Waals surface area contributed by atoms with Gasteiger partial charge < -0.3 is 5.32 Å². The minimum Gasteiger partial charge on any atom is -0.350 e. The van der Waals surface area contributed by atoms with Crippen LogP contribution in [0.5, 0.6) is 0 Å². The number of nitrogens with zero attached hydrogens (tertiary/aromatic N) is 1. The lowest BCUT2D eigenvalue weighted by Gasteiger charge is -2.22. The summed E-state index contributed by atoms with van der Waals surface area (Å²) in [7, 11) is -3.35. The third-order valence-electron chi connectivity index (χ3n) is 6.86. The molecular weight excluding hydrogens is 444 g/mol. The molecule has 0 fully saturated rings. The second-order valence-corrected chi connectivity index (χ2v) is 11.6. The van der Waals surface area contributed by atoms with Crippen LogP contribution in [0, 0.1) is 11.8 Å². The molecular formula is C28H38N2O3S. The zero-order chi connectivity index (χ0) is 24.6. The highest BCUT2D eigenvalue weighted by molar-refractivity contribution is 7.95. The Morgan fingerprint density at radius 2 is 1.97 bits per heavy atom. The molecule has 2 aliphatic rings. The first-order valence-corrected chi connectivity index (χ1v) is 14.1. The van der Waals surface area contributed by atoms with E-state index < -0.39 is 9.84 Å². The van der Waals surface area contributed by atoms with Crippen LogP contribution in [0.25, 0.3) is 0 Å².